The van der Waals surface area contributed by atoms with Gasteiger partial charge in [0.05, 0.1) is 25.0 Å². The number of hydrogen-bond acceptors (Lipinski definition) is 4. The van der Waals surface area contributed by atoms with Gasteiger partial charge in [-0.1, -0.05) is 6.92 Å². The molecule has 1 atom stereocenters. The van der Waals surface area contributed by atoms with E-state index in [0.29, 0.717) is 29.7 Å². The summed E-state index contributed by atoms with van der Waals surface area (Å²) in [7, 11) is 3.51. The average molecular weight is 265 g/mol. The van der Waals surface area contributed by atoms with E-state index in [1.807, 2.05) is 11.9 Å². The van der Waals surface area contributed by atoms with Crippen LogP contribution in [0.25, 0.3) is 0 Å². The fourth-order valence-electron chi connectivity index (χ4n) is 1.67. The van der Waals surface area contributed by atoms with Crippen molar-refractivity contribution in [2.24, 2.45) is 0 Å². The molecule has 1 amide bonds. The molecule has 1 aromatic carbocycles. The average Bonchev–Trinajstić information content (AvgIpc) is 2.39. The molecule has 3 N–H and O–H groups in total. The van der Waals surface area contributed by atoms with Crippen molar-refractivity contribution in [1.82, 2.24) is 4.90 Å². The first-order chi connectivity index (χ1) is 8.97. The topological polar surface area (TPSA) is 67.6 Å². The molecule has 19 heavy (non-hydrogen) atoms. The zero-order valence-electron chi connectivity index (χ0n) is 12.1. The van der Waals surface area contributed by atoms with Crippen molar-refractivity contribution in [2.75, 3.05) is 31.8 Å². The Morgan fingerprint density at radius 3 is 2.74 bits per heavy atom. The molecule has 5 heteroatoms. The molecule has 0 saturated carbocycles. The van der Waals surface area contributed by atoms with E-state index in [2.05, 4.69) is 19.2 Å². The molecule has 1 aromatic rings. The van der Waals surface area contributed by atoms with E-state index in [4.69, 9.17) is 10.5 Å². The highest BCUT2D eigenvalue weighted by molar-refractivity contribution is 5.95. The van der Waals surface area contributed by atoms with E-state index in [0.717, 1.165) is 6.42 Å². The summed E-state index contributed by atoms with van der Waals surface area (Å²) in [6.07, 6.45) is 1.01. The van der Waals surface area contributed by atoms with Gasteiger partial charge in [-0.25, -0.2) is 0 Å². The van der Waals surface area contributed by atoms with Crippen LogP contribution in [0.15, 0.2) is 18.2 Å². The molecule has 0 fully saturated rings. The van der Waals surface area contributed by atoms with Crippen LogP contribution in [0.3, 0.4) is 0 Å². The lowest BCUT2D eigenvalue weighted by Crippen LogP contribution is -2.36. The third kappa shape index (κ3) is 4.44. The number of ether oxygens (including phenoxy) is 1. The van der Waals surface area contributed by atoms with Crippen molar-refractivity contribution < 1.29 is 9.53 Å². The van der Waals surface area contributed by atoms with Gasteiger partial charge in [0.15, 0.2) is 0 Å². The lowest BCUT2D eigenvalue weighted by Gasteiger charge is -2.22. The van der Waals surface area contributed by atoms with Gasteiger partial charge in [0.2, 0.25) is 5.91 Å². The highest BCUT2D eigenvalue weighted by atomic mass is 16.5. The van der Waals surface area contributed by atoms with Crippen LogP contribution in [0, 0.1) is 0 Å². The van der Waals surface area contributed by atoms with Crippen molar-refractivity contribution >= 4 is 17.3 Å². The van der Waals surface area contributed by atoms with Gasteiger partial charge in [-0.05, 0) is 32.5 Å². The lowest BCUT2D eigenvalue weighted by atomic mass is 10.2. The van der Waals surface area contributed by atoms with Crippen LogP contribution in [0.4, 0.5) is 11.4 Å². The molecule has 0 spiro atoms. The van der Waals surface area contributed by atoms with Crippen LogP contribution in [-0.4, -0.2) is 37.6 Å². The maximum atomic E-state index is 11.9. The first-order valence-corrected chi connectivity index (χ1v) is 6.41. The Hall–Kier alpha value is -1.75. The molecule has 0 aliphatic carbocycles. The summed E-state index contributed by atoms with van der Waals surface area (Å²) in [6, 6.07) is 5.58. The van der Waals surface area contributed by atoms with E-state index in [1.165, 1.54) is 0 Å². The van der Waals surface area contributed by atoms with Gasteiger partial charge in [0, 0.05) is 12.1 Å². The summed E-state index contributed by atoms with van der Waals surface area (Å²) < 4.78 is 5.06. The Kier molecular flexibility index (Phi) is 5.63. The second-order valence-electron chi connectivity index (χ2n) is 4.67. The summed E-state index contributed by atoms with van der Waals surface area (Å²) in [5, 5.41) is 2.81. The van der Waals surface area contributed by atoms with E-state index in [-0.39, 0.29) is 5.91 Å². The third-order valence-corrected chi connectivity index (χ3v) is 3.27. The molecule has 106 valence electrons. The monoisotopic (exact) mass is 265 g/mol. The highest BCUT2D eigenvalue weighted by Crippen LogP contribution is 2.23. The number of anilines is 2. The SMILES string of the molecule is CCC(C)N(C)CC(=O)Nc1ccc(OC)cc1N. The Morgan fingerprint density at radius 2 is 2.21 bits per heavy atom. The van der Waals surface area contributed by atoms with Gasteiger partial charge in [-0.2, -0.15) is 0 Å². The molecular formula is C14H23N3O2. The Morgan fingerprint density at radius 1 is 1.53 bits per heavy atom. The van der Waals surface area contributed by atoms with Crippen LogP contribution in [-0.2, 0) is 4.79 Å². The van der Waals surface area contributed by atoms with Crippen LogP contribution >= 0.6 is 0 Å². The molecular weight excluding hydrogens is 242 g/mol. The van der Waals surface area contributed by atoms with E-state index >= 15 is 0 Å². The Bertz CT molecular complexity index is 435. The number of nitrogen functional groups attached to an aromatic ring is 1. The molecule has 0 aromatic heterocycles. The summed E-state index contributed by atoms with van der Waals surface area (Å²) in [5.74, 6) is 0.604. The normalized spacial score (nSPS) is 12.3. The second kappa shape index (κ2) is 6.99. The number of nitrogens with one attached hydrogen (secondary N) is 1. The summed E-state index contributed by atoms with van der Waals surface area (Å²) in [6.45, 7) is 4.54. The van der Waals surface area contributed by atoms with Crippen molar-refractivity contribution in [3.8, 4) is 5.75 Å². The van der Waals surface area contributed by atoms with Gasteiger partial charge in [0.1, 0.15) is 5.75 Å². The van der Waals surface area contributed by atoms with Crippen molar-refractivity contribution in [3.63, 3.8) is 0 Å². The number of hydrogen-bond donors (Lipinski definition) is 2. The number of nitrogens with zero attached hydrogens (tertiary/aromatic N) is 1. The summed E-state index contributed by atoms with van der Waals surface area (Å²) in [4.78, 5) is 13.9. The maximum absolute atomic E-state index is 11.9. The molecule has 5 nitrogen and oxygen atoms in total. The fraction of sp³-hybridized carbons (Fsp3) is 0.500. The lowest BCUT2D eigenvalue weighted by molar-refractivity contribution is -0.117. The molecule has 0 aliphatic rings. The standard InChI is InChI=1S/C14H23N3O2/c1-5-10(2)17(3)9-14(18)16-13-7-6-11(19-4)8-12(13)15/h6-8,10H,5,9,15H2,1-4H3,(H,16,18). The number of rotatable bonds is 6. The number of likely N-dealkylation sites (N-methyl/N-ethyl adjacent to an activating group) is 1. The summed E-state index contributed by atoms with van der Waals surface area (Å²) >= 11 is 0. The largest absolute Gasteiger partial charge is 0.497 e. The van der Waals surface area contributed by atoms with Gasteiger partial charge in [0.25, 0.3) is 0 Å². The zero-order valence-corrected chi connectivity index (χ0v) is 12.1. The molecule has 1 rings (SSSR count). The maximum Gasteiger partial charge on any atom is 0.238 e. The van der Waals surface area contributed by atoms with Crippen LogP contribution in [0.2, 0.25) is 0 Å². The predicted molar refractivity (Wildman–Crippen MR) is 78.4 cm³/mol. The van der Waals surface area contributed by atoms with Gasteiger partial charge < -0.3 is 15.8 Å². The predicted octanol–water partition coefficient (Wildman–Crippen LogP) is 1.95. The quantitative estimate of drug-likeness (QED) is 0.771. The zero-order chi connectivity index (χ0) is 14.4. The number of benzene rings is 1. The van der Waals surface area contributed by atoms with E-state index in [9.17, 15) is 4.79 Å². The second-order valence-corrected chi connectivity index (χ2v) is 4.67. The fourth-order valence-corrected chi connectivity index (χ4v) is 1.67. The molecule has 0 heterocycles. The Labute approximate surface area is 114 Å². The van der Waals surface area contributed by atoms with Gasteiger partial charge in [-0.3, -0.25) is 9.69 Å². The number of carbonyl (C=O) groups is 1. The number of amides is 1. The smallest absolute Gasteiger partial charge is 0.238 e. The molecule has 0 aliphatic heterocycles. The first-order valence-electron chi connectivity index (χ1n) is 6.41. The minimum absolute atomic E-state index is 0.0698. The van der Waals surface area contributed by atoms with E-state index < -0.39 is 0 Å². The van der Waals surface area contributed by atoms with Crippen LogP contribution in [0.5, 0.6) is 5.75 Å². The molecule has 0 bridgehead atoms. The van der Waals surface area contributed by atoms with Gasteiger partial charge >= 0.3 is 0 Å². The van der Waals surface area contributed by atoms with E-state index in [1.54, 1.807) is 25.3 Å². The number of carbonyl (C=O) groups excluding carboxylic acids is 1. The minimum atomic E-state index is -0.0698. The van der Waals surface area contributed by atoms with Crippen molar-refractivity contribution in [1.29, 1.82) is 0 Å². The third-order valence-electron chi connectivity index (χ3n) is 3.27. The molecule has 1 unspecified atom stereocenters. The van der Waals surface area contributed by atoms with Gasteiger partial charge in [-0.15, -0.1) is 0 Å². The van der Waals surface area contributed by atoms with Crippen molar-refractivity contribution in [2.45, 2.75) is 26.3 Å². The van der Waals surface area contributed by atoms with Crippen molar-refractivity contribution in [3.05, 3.63) is 18.2 Å². The number of methoxy groups -OCH3 is 1. The van der Waals surface area contributed by atoms with Crippen LogP contribution < -0.4 is 15.8 Å². The minimum Gasteiger partial charge on any atom is -0.497 e. The number of nitrogens with two attached hydrogens (primary N) is 1. The molecule has 0 radical (unpaired) electrons. The molecule has 0 saturated heterocycles. The summed E-state index contributed by atoms with van der Waals surface area (Å²) in [5.41, 5.74) is 6.97. The Balaban J connectivity index is 2.62. The highest BCUT2D eigenvalue weighted by Gasteiger charge is 2.12. The first kappa shape index (κ1) is 15.3. The van der Waals surface area contributed by atoms with Crippen LogP contribution in [0.1, 0.15) is 20.3 Å².